The maximum absolute atomic E-state index is 13.4. The summed E-state index contributed by atoms with van der Waals surface area (Å²) in [5.74, 6) is -1.43. The Balaban J connectivity index is 2.22. The molecule has 1 unspecified atom stereocenters. The molecule has 1 atom stereocenters. The number of hydrogen-bond donors (Lipinski definition) is 0. The topological polar surface area (TPSA) is 0 Å². The van der Waals surface area contributed by atoms with Gasteiger partial charge in [0.2, 0.25) is 0 Å². The van der Waals surface area contributed by atoms with Crippen molar-refractivity contribution in [3.63, 3.8) is 0 Å². The Morgan fingerprint density at radius 1 is 1.40 bits per heavy atom. The minimum atomic E-state index is -0.745. The number of rotatable bonds is 3. The van der Waals surface area contributed by atoms with E-state index in [0.29, 0.717) is 16.8 Å². The molecule has 2 rings (SSSR count). The molecule has 1 aliphatic rings. The molecule has 1 aromatic carbocycles. The highest BCUT2D eigenvalue weighted by Crippen LogP contribution is 2.54. The molecular formula is C12H13BrF2. The second kappa shape index (κ2) is 3.85. The first kappa shape index (κ1) is 11.1. The monoisotopic (exact) mass is 274 g/mol. The maximum Gasteiger partial charge on any atom is 0.162 e. The van der Waals surface area contributed by atoms with Gasteiger partial charge in [-0.25, -0.2) is 8.78 Å². The van der Waals surface area contributed by atoms with Gasteiger partial charge < -0.3 is 0 Å². The predicted molar refractivity (Wildman–Crippen MR) is 60.1 cm³/mol. The van der Waals surface area contributed by atoms with Gasteiger partial charge in [0.25, 0.3) is 0 Å². The number of hydrogen-bond acceptors (Lipinski definition) is 0. The van der Waals surface area contributed by atoms with E-state index < -0.39 is 11.6 Å². The van der Waals surface area contributed by atoms with Crippen LogP contribution in [-0.4, -0.2) is 4.83 Å². The van der Waals surface area contributed by atoms with Gasteiger partial charge >= 0.3 is 0 Å². The zero-order valence-electron chi connectivity index (χ0n) is 8.56. The molecule has 1 aromatic rings. The molecule has 15 heavy (non-hydrogen) atoms. The SMILES string of the molecule is CC(Br)C1(Cc2cccc(F)c2F)CC1. The lowest BCUT2D eigenvalue weighted by molar-refractivity contribution is 0.462. The molecule has 0 aromatic heterocycles. The first-order valence-electron chi connectivity index (χ1n) is 5.12. The Hall–Kier alpha value is -0.440. The minimum Gasteiger partial charge on any atom is -0.204 e. The van der Waals surface area contributed by atoms with E-state index in [1.165, 1.54) is 0 Å². The van der Waals surface area contributed by atoms with E-state index >= 15 is 0 Å². The molecule has 0 bridgehead atoms. The molecule has 0 nitrogen and oxygen atoms in total. The van der Waals surface area contributed by atoms with Gasteiger partial charge in [0.05, 0.1) is 0 Å². The van der Waals surface area contributed by atoms with E-state index in [-0.39, 0.29) is 5.41 Å². The molecule has 0 amide bonds. The highest BCUT2D eigenvalue weighted by atomic mass is 79.9. The van der Waals surface area contributed by atoms with Crippen molar-refractivity contribution in [3.8, 4) is 0 Å². The lowest BCUT2D eigenvalue weighted by Gasteiger charge is -2.18. The third-order valence-electron chi connectivity index (χ3n) is 3.31. The fourth-order valence-electron chi connectivity index (χ4n) is 1.94. The zero-order valence-corrected chi connectivity index (χ0v) is 10.2. The van der Waals surface area contributed by atoms with Gasteiger partial charge in [0.15, 0.2) is 11.6 Å². The summed E-state index contributed by atoms with van der Waals surface area (Å²) in [6.07, 6.45) is 2.81. The third-order valence-corrected chi connectivity index (χ3v) is 4.28. The molecule has 1 saturated carbocycles. The quantitative estimate of drug-likeness (QED) is 0.729. The summed E-state index contributed by atoms with van der Waals surface area (Å²) in [6, 6.07) is 4.41. The second-order valence-corrected chi connectivity index (χ2v) is 5.74. The van der Waals surface area contributed by atoms with Crippen molar-refractivity contribution in [2.45, 2.75) is 31.0 Å². The lowest BCUT2D eigenvalue weighted by atomic mass is 9.93. The largest absolute Gasteiger partial charge is 0.204 e. The predicted octanol–water partition coefficient (Wildman–Crippen LogP) is 4.07. The summed E-state index contributed by atoms with van der Waals surface area (Å²) >= 11 is 3.54. The molecule has 1 aliphatic carbocycles. The van der Waals surface area contributed by atoms with E-state index in [1.54, 1.807) is 12.1 Å². The van der Waals surface area contributed by atoms with Crippen LogP contribution in [0.4, 0.5) is 8.78 Å². The normalized spacial score (nSPS) is 20.0. The number of alkyl halides is 1. The minimum absolute atomic E-state index is 0.147. The third kappa shape index (κ3) is 2.07. The Morgan fingerprint density at radius 3 is 2.60 bits per heavy atom. The van der Waals surface area contributed by atoms with E-state index in [1.807, 2.05) is 0 Å². The van der Waals surface area contributed by atoms with E-state index in [4.69, 9.17) is 0 Å². The smallest absolute Gasteiger partial charge is 0.162 e. The zero-order chi connectivity index (χ0) is 11.1. The van der Waals surface area contributed by atoms with Gasteiger partial charge in [-0.1, -0.05) is 35.0 Å². The van der Waals surface area contributed by atoms with Crippen molar-refractivity contribution >= 4 is 15.9 Å². The van der Waals surface area contributed by atoms with E-state index in [2.05, 4.69) is 22.9 Å². The van der Waals surface area contributed by atoms with Gasteiger partial charge in [-0.15, -0.1) is 0 Å². The van der Waals surface area contributed by atoms with Crippen LogP contribution in [-0.2, 0) is 6.42 Å². The molecule has 1 fully saturated rings. The van der Waals surface area contributed by atoms with Crippen LogP contribution in [0.3, 0.4) is 0 Å². The summed E-state index contributed by atoms with van der Waals surface area (Å²) in [5.41, 5.74) is 0.646. The molecule has 0 radical (unpaired) electrons. The Bertz CT molecular complexity index is 370. The highest BCUT2D eigenvalue weighted by molar-refractivity contribution is 9.09. The summed E-state index contributed by atoms with van der Waals surface area (Å²) in [7, 11) is 0. The summed E-state index contributed by atoms with van der Waals surface area (Å²) in [6.45, 7) is 2.07. The molecule has 82 valence electrons. The molecule has 0 heterocycles. The van der Waals surface area contributed by atoms with Gasteiger partial charge in [0, 0.05) is 4.83 Å². The van der Waals surface area contributed by atoms with Gasteiger partial charge in [0.1, 0.15) is 0 Å². The summed E-state index contributed by atoms with van der Waals surface area (Å²) < 4.78 is 26.4. The molecule has 0 N–H and O–H groups in total. The fraction of sp³-hybridized carbons (Fsp3) is 0.500. The van der Waals surface area contributed by atoms with Crippen molar-refractivity contribution in [1.82, 2.24) is 0 Å². The Kier molecular flexibility index (Phi) is 2.84. The number of halogens is 3. The average molecular weight is 275 g/mol. The van der Waals surface area contributed by atoms with Crippen molar-refractivity contribution < 1.29 is 8.78 Å². The summed E-state index contributed by atoms with van der Waals surface area (Å²) in [5, 5.41) is 0. The van der Waals surface area contributed by atoms with Crippen LogP contribution in [0.25, 0.3) is 0 Å². The number of benzene rings is 1. The van der Waals surface area contributed by atoms with Crippen molar-refractivity contribution in [1.29, 1.82) is 0 Å². The fourth-order valence-corrected chi connectivity index (χ4v) is 2.56. The molecular weight excluding hydrogens is 262 g/mol. The standard InChI is InChI=1S/C12H13BrF2/c1-8(13)12(5-6-12)7-9-3-2-4-10(14)11(9)15/h2-4,8H,5-7H2,1H3. The molecule has 3 heteroatoms. The molecule has 0 aliphatic heterocycles. The lowest BCUT2D eigenvalue weighted by Crippen LogP contribution is -2.16. The molecule has 0 spiro atoms. The van der Waals surface area contributed by atoms with Gasteiger partial charge in [-0.05, 0) is 36.3 Å². The van der Waals surface area contributed by atoms with Crippen molar-refractivity contribution in [2.75, 3.05) is 0 Å². The van der Waals surface area contributed by atoms with Crippen molar-refractivity contribution in [2.24, 2.45) is 5.41 Å². The van der Waals surface area contributed by atoms with E-state index in [9.17, 15) is 8.78 Å². The van der Waals surface area contributed by atoms with Crippen LogP contribution >= 0.6 is 15.9 Å². The Labute approximate surface area is 96.8 Å². The van der Waals surface area contributed by atoms with Crippen LogP contribution < -0.4 is 0 Å². The van der Waals surface area contributed by atoms with Gasteiger partial charge in [-0.2, -0.15) is 0 Å². The molecule has 0 saturated heterocycles. The van der Waals surface area contributed by atoms with Crippen LogP contribution in [0.2, 0.25) is 0 Å². The van der Waals surface area contributed by atoms with Crippen LogP contribution in [0.15, 0.2) is 18.2 Å². The van der Waals surface area contributed by atoms with Crippen LogP contribution in [0, 0.1) is 17.0 Å². The average Bonchev–Trinajstić information content (AvgIpc) is 2.94. The highest BCUT2D eigenvalue weighted by Gasteiger charge is 2.46. The van der Waals surface area contributed by atoms with Crippen LogP contribution in [0.5, 0.6) is 0 Å². The second-order valence-electron chi connectivity index (χ2n) is 4.37. The van der Waals surface area contributed by atoms with E-state index in [0.717, 1.165) is 18.9 Å². The van der Waals surface area contributed by atoms with Crippen LogP contribution in [0.1, 0.15) is 25.3 Å². The van der Waals surface area contributed by atoms with Gasteiger partial charge in [-0.3, -0.25) is 0 Å². The first-order valence-corrected chi connectivity index (χ1v) is 6.04. The Morgan fingerprint density at radius 2 is 2.07 bits per heavy atom. The maximum atomic E-state index is 13.4. The van der Waals surface area contributed by atoms with Crippen molar-refractivity contribution in [3.05, 3.63) is 35.4 Å². The summed E-state index contributed by atoms with van der Waals surface area (Å²) in [4.78, 5) is 0.354. The first-order chi connectivity index (χ1) is 7.05.